The number of piperidine rings is 4. The van der Waals surface area contributed by atoms with Crippen LogP contribution in [0.1, 0.15) is 229 Å². The molecule has 16 fully saturated rings. The molecule has 32 nitrogen and oxygen atoms in total. The van der Waals surface area contributed by atoms with Gasteiger partial charge in [0.25, 0.3) is 0 Å². The number of nitrogens with one attached hydrogen (secondary N) is 3. The molecule has 16 rings (SSSR count). The quantitative estimate of drug-likeness (QED) is 0.0613. The van der Waals surface area contributed by atoms with Crippen LogP contribution in [-0.4, -0.2) is 451 Å². The average molecular weight is 2090 g/mol. The molecular weight excluding hydrogens is 1890 g/mol. The third-order valence-electron chi connectivity index (χ3n) is 32.1. The Morgan fingerprint density at radius 1 is 0.307 bits per heavy atom. The summed E-state index contributed by atoms with van der Waals surface area (Å²) in [5, 5.41) is 9.23. The Bertz CT molecular complexity index is 4330. The van der Waals surface area contributed by atoms with Crippen molar-refractivity contribution < 1.29 is 57.5 Å². The van der Waals surface area contributed by atoms with Gasteiger partial charge in [0.05, 0.1) is 30.3 Å². The zero-order chi connectivity index (χ0) is 112. The molecule has 150 heavy (non-hydrogen) atoms. The molecule has 0 bridgehead atoms. The SMILES string of the molecule is C=CC(=O)N1CC(N(C)C(C)C)C1.C=CC(=O)N1CC(NC(C)C)C1.C=CC(=O)N1CC(OC(C)C)C1.C=CC(=O)N1CC2(C1)CN(C(C)C)C2.C=CC(=O)N1CC2C1CCCN2C(C)C.C=CC(=O)N1CC2C1CCN2C(C)C.C=CC(=O)N1CCC2C1CN2C(C)C.C=CC(=O)N1CCCC(CC(C)C)C1.C=CC(=O)N1CCCC2C1CN2C(C)C.C=CC(=O)NC1CCCN(C(C)C)C1.C=CC(=O)NC1CCN(C(C)C)C1. The van der Waals surface area contributed by atoms with Gasteiger partial charge in [0.15, 0.2) is 0 Å². The number of hydrogen-bond acceptors (Lipinski definition) is 21. The number of likely N-dealkylation sites (N-methyl/N-ethyl adjacent to an activating group) is 1. The van der Waals surface area contributed by atoms with Crippen LogP contribution in [0, 0.1) is 17.3 Å². The van der Waals surface area contributed by atoms with E-state index in [1.165, 1.54) is 105 Å². The second kappa shape index (κ2) is 63.1. The molecule has 0 aromatic heterocycles. The zero-order valence-corrected chi connectivity index (χ0v) is 97.0. The number of carbonyl (C=O) groups is 11. The molecule has 1 spiro atoms. The van der Waals surface area contributed by atoms with E-state index < -0.39 is 0 Å². The van der Waals surface area contributed by atoms with Gasteiger partial charge in [-0.25, -0.2) is 0 Å². The largest absolute Gasteiger partial charge is 0.372 e. The van der Waals surface area contributed by atoms with Gasteiger partial charge in [0.1, 0.15) is 0 Å². The van der Waals surface area contributed by atoms with E-state index in [2.05, 4.69) is 273 Å². The van der Waals surface area contributed by atoms with E-state index in [1.807, 2.05) is 48.1 Å². The molecule has 16 aliphatic rings. The van der Waals surface area contributed by atoms with Crippen LogP contribution in [0.4, 0.5) is 0 Å². The summed E-state index contributed by atoms with van der Waals surface area (Å²) in [7, 11) is 2.10. The molecule has 0 radical (unpaired) electrons. The number of fused-ring (bicyclic) bond motifs is 4. The lowest BCUT2D eigenvalue weighted by atomic mass is 9.72. The number of amides is 11. The molecule has 16 saturated heterocycles. The van der Waals surface area contributed by atoms with Crippen molar-refractivity contribution in [3.63, 3.8) is 0 Å². The summed E-state index contributed by atoms with van der Waals surface area (Å²) in [6, 6.07) is 11.1. The molecular formula is C118H202N20O12. The highest BCUT2D eigenvalue weighted by Gasteiger charge is 2.55. The summed E-state index contributed by atoms with van der Waals surface area (Å²) in [5.74, 6) is 1.98. The lowest BCUT2D eigenvalue weighted by Gasteiger charge is -2.61. The fourth-order valence-electron chi connectivity index (χ4n) is 23.2. The van der Waals surface area contributed by atoms with Gasteiger partial charge in [-0.3, -0.25) is 91.9 Å². The summed E-state index contributed by atoms with van der Waals surface area (Å²) in [6.45, 7) is 109. The fourth-order valence-corrected chi connectivity index (χ4v) is 23.2. The third-order valence-corrected chi connectivity index (χ3v) is 32.1. The predicted molar refractivity (Wildman–Crippen MR) is 609 cm³/mol. The van der Waals surface area contributed by atoms with E-state index >= 15 is 0 Å². The van der Waals surface area contributed by atoms with E-state index in [4.69, 9.17) is 4.74 Å². The summed E-state index contributed by atoms with van der Waals surface area (Å²) in [4.78, 5) is 160. The maximum Gasteiger partial charge on any atom is 0.246 e. The van der Waals surface area contributed by atoms with E-state index in [9.17, 15) is 52.7 Å². The van der Waals surface area contributed by atoms with Crippen molar-refractivity contribution in [2.45, 2.75) is 368 Å². The van der Waals surface area contributed by atoms with Gasteiger partial charge in [-0.15, -0.1) is 0 Å². The summed E-state index contributed by atoms with van der Waals surface area (Å²) >= 11 is 0. The number of nitrogens with zero attached hydrogens (tertiary/aromatic N) is 17. The van der Waals surface area contributed by atoms with Gasteiger partial charge in [-0.1, -0.05) is 100 Å². The Morgan fingerprint density at radius 3 is 1.11 bits per heavy atom. The first-order valence-electron chi connectivity index (χ1n) is 56.4. The smallest absolute Gasteiger partial charge is 0.246 e. The van der Waals surface area contributed by atoms with Crippen molar-refractivity contribution in [2.24, 2.45) is 17.3 Å². The van der Waals surface area contributed by atoms with Crippen molar-refractivity contribution in [2.75, 3.05) is 164 Å². The van der Waals surface area contributed by atoms with Crippen molar-refractivity contribution in [1.82, 2.24) is 99.2 Å². The molecule has 16 aliphatic heterocycles. The third kappa shape index (κ3) is 37.9. The highest BCUT2D eigenvalue weighted by atomic mass is 16.5. The van der Waals surface area contributed by atoms with Crippen LogP contribution in [-0.2, 0) is 57.5 Å². The molecule has 0 saturated carbocycles. The summed E-state index contributed by atoms with van der Waals surface area (Å²) in [5.41, 5.74) is 0.433. The first kappa shape index (κ1) is 130. The molecule has 11 unspecified atom stereocenters. The lowest BCUT2D eigenvalue weighted by molar-refractivity contribution is -0.157. The van der Waals surface area contributed by atoms with E-state index in [-0.39, 0.29) is 77.2 Å². The molecule has 0 aliphatic carbocycles. The Balaban J connectivity index is 0.000000252. The Morgan fingerprint density at radius 2 is 0.687 bits per heavy atom. The molecule has 3 N–H and O–H groups in total. The zero-order valence-electron chi connectivity index (χ0n) is 97.0. The minimum Gasteiger partial charge on any atom is -0.372 e. The molecule has 32 heteroatoms. The number of likely N-dealkylation sites (tertiary alicyclic amines) is 16. The first-order valence-corrected chi connectivity index (χ1v) is 56.4. The van der Waals surface area contributed by atoms with Gasteiger partial charge in [-0.05, 0) is 300 Å². The van der Waals surface area contributed by atoms with Crippen molar-refractivity contribution in [1.29, 1.82) is 0 Å². The second-order valence-corrected chi connectivity index (χ2v) is 46.5. The minimum atomic E-state index is -0.0596. The molecule has 16 heterocycles. The maximum atomic E-state index is 11.6. The van der Waals surface area contributed by atoms with E-state index in [1.54, 1.807) is 9.80 Å². The van der Waals surface area contributed by atoms with Crippen molar-refractivity contribution in [3.8, 4) is 0 Å². The lowest BCUT2D eigenvalue weighted by Crippen LogP contribution is -2.73. The minimum absolute atomic E-state index is 0.00129. The van der Waals surface area contributed by atoms with Gasteiger partial charge in [-0.2, -0.15) is 0 Å². The van der Waals surface area contributed by atoms with Crippen LogP contribution in [0.15, 0.2) is 139 Å². The first-order chi connectivity index (χ1) is 70.9. The van der Waals surface area contributed by atoms with Gasteiger partial charge in [0.2, 0.25) is 65.0 Å². The van der Waals surface area contributed by atoms with Gasteiger partial charge in [0, 0.05) is 258 Å². The van der Waals surface area contributed by atoms with Gasteiger partial charge >= 0.3 is 0 Å². The number of rotatable bonds is 28. The second-order valence-electron chi connectivity index (χ2n) is 46.5. The van der Waals surface area contributed by atoms with Crippen molar-refractivity contribution >= 4 is 65.0 Å². The molecule has 846 valence electrons. The Hall–Kier alpha value is -9.09. The highest BCUT2D eigenvalue weighted by Crippen LogP contribution is 2.42. The van der Waals surface area contributed by atoms with E-state index in [0.717, 1.165) is 188 Å². The Kier molecular flexibility index (Phi) is 54.5. The summed E-state index contributed by atoms with van der Waals surface area (Å²) < 4.78 is 5.48. The Labute approximate surface area is 905 Å². The number of hydrogen-bond donors (Lipinski definition) is 3. The van der Waals surface area contributed by atoms with Crippen LogP contribution in [0.5, 0.6) is 0 Å². The maximum absolute atomic E-state index is 11.6. The highest BCUT2D eigenvalue weighted by molar-refractivity contribution is 5.92. The van der Waals surface area contributed by atoms with Crippen LogP contribution in [0.3, 0.4) is 0 Å². The average Bonchev–Trinajstić information content (AvgIpc) is 0.988. The predicted octanol–water partition coefficient (Wildman–Crippen LogP) is 11.3. The number of ether oxygens (including phenoxy) is 1. The topological polar surface area (TPSA) is 288 Å². The fraction of sp³-hybridized carbons (Fsp3) is 0.720. The van der Waals surface area contributed by atoms with Crippen LogP contribution < -0.4 is 16.0 Å². The molecule has 11 amide bonds. The van der Waals surface area contributed by atoms with Crippen molar-refractivity contribution in [3.05, 3.63) is 139 Å². The standard InChI is InChI=1S/2C12H20N2O.C12H21NO.3C11H18N2O.C11H20N2O.2C10H18N2O.C9H16N2O.C9H15NO2/c1-4-12(15)13-7-5-6-10-11(13)8-14(10)9(2)3;1-4-12(15)14-8-11-10(14)6-5-7-13(11)9(2)3;1-4-12(14)13-7-5-6-11(9-13)8-10(2)3;1-4-10(14)13-7-11(8-13)5-12(6-11)9(2)3;1-4-11(14)12-6-5-9-10(12)7-13(9)8(2)3;1-4-11(14)13-7-10-9(13)5-6-12(10)8(2)3;1-4-11(14)12-10-6-5-7-13(8-10)9(2)3;1-5-10(13)12-6-9(7-12)11(4)8(2)3;1-4-10(13)11-9-5-6-12(7-9)8(2)3;1-4-9(12)11-5-8(6-11)10-7(2)3;1-4-9(11)10-5-8(6-10)12-7(2)3/h2*4,9-11H,1,5-8H2,2-3H3;4,10-11H,1,5-9H2,2-3H3;4,9H,1,5-8H2,2-3H3;2*4,8-10H,1,5-7H2,2-3H3;4,9-10H,1,5-8H2,2-3H3,(H,12,14);5,8-9H,1,6-7H2,2-4H3;4,8-9H,1,5-7H2,2-3H3,(H,11,13);4,7-8,10H,1,5-6H2,2-3H3;4,7-8H,1,5-6H2,2-3H3. The molecule has 11 atom stereocenters. The van der Waals surface area contributed by atoms with Crippen LogP contribution in [0.2, 0.25) is 0 Å². The normalized spacial score (nSPS) is 25.1. The summed E-state index contributed by atoms with van der Waals surface area (Å²) in [6.07, 6.45) is 29.8. The van der Waals surface area contributed by atoms with E-state index in [0.29, 0.717) is 151 Å². The molecule has 0 aromatic rings. The number of carbonyl (C=O) groups excluding carboxylic acids is 11. The molecule has 0 aromatic carbocycles. The van der Waals surface area contributed by atoms with Crippen LogP contribution >= 0.6 is 0 Å². The van der Waals surface area contributed by atoms with Crippen LogP contribution in [0.25, 0.3) is 0 Å². The monoisotopic (exact) mass is 2090 g/mol. The van der Waals surface area contributed by atoms with Gasteiger partial charge < -0.3 is 64.8 Å².